The van der Waals surface area contributed by atoms with Crippen molar-refractivity contribution in [2.24, 2.45) is 0 Å². The number of hydrogen-bond acceptors (Lipinski definition) is 2. The largest absolute Gasteiger partial charge is 0.481 e. The van der Waals surface area contributed by atoms with Crippen LogP contribution in [0.5, 0.6) is 0 Å². The predicted octanol–water partition coefficient (Wildman–Crippen LogP) is 1.74. The van der Waals surface area contributed by atoms with Crippen molar-refractivity contribution < 1.29 is 19.1 Å². The van der Waals surface area contributed by atoms with Crippen molar-refractivity contribution >= 4 is 11.9 Å². The minimum Gasteiger partial charge on any atom is -0.481 e. The lowest BCUT2D eigenvalue weighted by Crippen LogP contribution is -2.25. The van der Waals surface area contributed by atoms with Crippen LogP contribution in [0.1, 0.15) is 24.8 Å². The molecule has 2 N–H and O–H groups in total. The van der Waals surface area contributed by atoms with E-state index in [1.165, 1.54) is 6.07 Å². The molecular weight excluding hydrogens is 237 g/mol. The fraction of sp³-hybridized carbons (Fsp3) is 0.385. The minimum absolute atomic E-state index is 0.0353. The Hall–Kier alpha value is -1.91. The molecule has 0 atom stereocenters. The van der Waals surface area contributed by atoms with E-state index in [1.54, 1.807) is 18.2 Å². The molecule has 0 fully saturated rings. The highest BCUT2D eigenvalue weighted by Crippen LogP contribution is 2.08. The molecule has 0 aromatic heterocycles. The van der Waals surface area contributed by atoms with Crippen molar-refractivity contribution in [2.75, 3.05) is 6.54 Å². The first kappa shape index (κ1) is 14.2. The fourth-order valence-corrected chi connectivity index (χ4v) is 1.51. The first-order chi connectivity index (χ1) is 8.59. The van der Waals surface area contributed by atoms with E-state index < -0.39 is 5.97 Å². The number of carboxylic acids is 1. The molecule has 0 spiro atoms. The highest BCUT2D eigenvalue weighted by Gasteiger charge is 2.05. The number of aliphatic carboxylic acids is 1. The maximum atomic E-state index is 13.2. The number of carbonyl (C=O) groups excluding carboxylic acids is 1. The number of aryl methyl sites for hydroxylation is 1. The van der Waals surface area contributed by atoms with Gasteiger partial charge in [-0.05, 0) is 24.5 Å². The van der Waals surface area contributed by atoms with E-state index in [4.69, 9.17) is 5.11 Å². The highest BCUT2D eigenvalue weighted by molar-refractivity contribution is 5.76. The number of amides is 1. The van der Waals surface area contributed by atoms with Gasteiger partial charge in [0.2, 0.25) is 5.91 Å². The van der Waals surface area contributed by atoms with Gasteiger partial charge in [0.1, 0.15) is 5.82 Å². The Kier molecular flexibility index (Phi) is 5.84. The topological polar surface area (TPSA) is 66.4 Å². The highest BCUT2D eigenvalue weighted by atomic mass is 19.1. The van der Waals surface area contributed by atoms with E-state index in [2.05, 4.69) is 5.32 Å². The van der Waals surface area contributed by atoms with E-state index in [-0.39, 0.29) is 24.6 Å². The van der Waals surface area contributed by atoms with Gasteiger partial charge >= 0.3 is 5.97 Å². The van der Waals surface area contributed by atoms with Crippen LogP contribution in [0.4, 0.5) is 4.39 Å². The molecule has 0 radical (unpaired) electrons. The van der Waals surface area contributed by atoms with Crippen molar-refractivity contribution in [3.8, 4) is 0 Å². The lowest BCUT2D eigenvalue weighted by atomic mass is 10.1. The summed E-state index contributed by atoms with van der Waals surface area (Å²) in [6.45, 7) is 0.336. The molecule has 0 unspecified atom stereocenters. The summed E-state index contributed by atoms with van der Waals surface area (Å²) < 4.78 is 13.2. The summed E-state index contributed by atoms with van der Waals surface area (Å²) in [6, 6.07) is 6.33. The maximum absolute atomic E-state index is 13.2. The molecule has 1 rings (SSSR count). The lowest BCUT2D eigenvalue weighted by Gasteiger charge is -2.05. The molecule has 5 heteroatoms. The molecule has 18 heavy (non-hydrogen) atoms. The summed E-state index contributed by atoms with van der Waals surface area (Å²) in [4.78, 5) is 21.6. The van der Waals surface area contributed by atoms with Crippen LogP contribution in [0.15, 0.2) is 24.3 Å². The molecule has 0 saturated heterocycles. The van der Waals surface area contributed by atoms with E-state index in [0.717, 1.165) is 0 Å². The zero-order valence-corrected chi connectivity index (χ0v) is 9.99. The third-order valence-electron chi connectivity index (χ3n) is 2.47. The molecule has 0 bridgehead atoms. The van der Waals surface area contributed by atoms with Crippen LogP contribution in [-0.2, 0) is 16.0 Å². The Morgan fingerprint density at radius 3 is 2.61 bits per heavy atom. The van der Waals surface area contributed by atoms with Gasteiger partial charge in [0.25, 0.3) is 0 Å². The second kappa shape index (κ2) is 7.42. The Bertz CT molecular complexity index is 420. The predicted molar refractivity (Wildman–Crippen MR) is 64.6 cm³/mol. The molecule has 0 heterocycles. The van der Waals surface area contributed by atoms with E-state index in [1.807, 2.05) is 0 Å². The van der Waals surface area contributed by atoms with E-state index in [9.17, 15) is 14.0 Å². The smallest absolute Gasteiger partial charge is 0.303 e. The molecule has 4 nitrogen and oxygen atoms in total. The second-order valence-corrected chi connectivity index (χ2v) is 3.94. The fourth-order valence-electron chi connectivity index (χ4n) is 1.51. The van der Waals surface area contributed by atoms with Crippen LogP contribution in [-0.4, -0.2) is 23.5 Å². The Balaban J connectivity index is 2.21. The number of nitrogens with one attached hydrogen (secondary N) is 1. The Labute approximate surface area is 105 Å². The third-order valence-corrected chi connectivity index (χ3v) is 2.47. The Morgan fingerprint density at radius 1 is 1.22 bits per heavy atom. The average Bonchev–Trinajstić information content (AvgIpc) is 2.33. The monoisotopic (exact) mass is 253 g/mol. The van der Waals surface area contributed by atoms with Crippen molar-refractivity contribution in [1.82, 2.24) is 5.32 Å². The molecule has 0 aliphatic rings. The SMILES string of the molecule is O=C(O)CCCNC(=O)CCc1ccccc1F. The van der Waals surface area contributed by atoms with Gasteiger partial charge in [-0.25, -0.2) is 4.39 Å². The zero-order chi connectivity index (χ0) is 13.4. The second-order valence-electron chi connectivity index (χ2n) is 3.94. The van der Waals surface area contributed by atoms with Gasteiger partial charge in [-0.2, -0.15) is 0 Å². The zero-order valence-electron chi connectivity index (χ0n) is 9.99. The number of rotatable bonds is 7. The van der Waals surface area contributed by atoms with Crippen LogP contribution in [0.25, 0.3) is 0 Å². The van der Waals surface area contributed by atoms with Gasteiger partial charge in [0.05, 0.1) is 0 Å². The molecule has 0 aliphatic carbocycles. The lowest BCUT2D eigenvalue weighted by molar-refractivity contribution is -0.137. The van der Waals surface area contributed by atoms with E-state index in [0.29, 0.717) is 24.9 Å². The number of carbonyl (C=O) groups is 2. The number of carboxylic acid groups (broad SMARTS) is 1. The summed E-state index contributed by atoms with van der Waals surface area (Å²) >= 11 is 0. The standard InChI is InChI=1S/C13H16FNO3/c14-11-5-2-1-4-10(11)7-8-12(16)15-9-3-6-13(17)18/h1-2,4-5H,3,6-9H2,(H,15,16)(H,17,18). The first-order valence-electron chi connectivity index (χ1n) is 5.81. The van der Waals surface area contributed by atoms with Crippen molar-refractivity contribution in [2.45, 2.75) is 25.7 Å². The van der Waals surface area contributed by atoms with Gasteiger partial charge < -0.3 is 10.4 Å². The van der Waals surface area contributed by atoms with Crippen LogP contribution in [0.3, 0.4) is 0 Å². The van der Waals surface area contributed by atoms with Crippen molar-refractivity contribution in [3.63, 3.8) is 0 Å². The van der Waals surface area contributed by atoms with Gasteiger partial charge in [-0.3, -0.25) is 9.59 Å². The summed E-state index contributed by atoms with van der Waals surface area (Å²) in [5, 5.41) is 11.0. The molecule has 0 aliphatic heterocycles. The number of halogens is 1. The van der Waals surface area contributed by atoms with Gasteiger partial charge in [0.15, 0.2) is 0 Å². The number of hydrogen-bond donors (Lipinski definition) is 2. The summed E-state index contributed by atoms with van der Waals surface area (Å²) in [5.74, 6) is -1.38. The van der Waals surface area contributed by atoms with Crippen molar-refractivity contribution in [3.05, 3.63) is 35.6 Å². The minimum atomic E-state index is -0.879. The molecule has 1 aromatic carbocycles. The maximum Gasteiger partial charge on any atom is 0.303 e. The Morgan fingerprint density at radius 2 is 1.94 bits per heavy atom. The normalized spacial score (nSPS) is 10.1. The van der Waals surface area contributed by atoms with Gasteiger partial charge in [0, 0.05) is 19.4 Å². The van der Waals surface area contributed by atoms with Crippen LogP contribution < -0.4 is 5.32 Å². The number of benzene rings is 1. The van der Waals surface area contributed by atoms with Crippen LogP contribution in [0.2, 0.25) is 0 Å². The summed E-state index contributed by atoms with van der Waals surface area (Å²) in [6.07, 6.45) is 0.986. The summed E-state index contributed by atoms with van der Waals surface area (Å²) in [5.41, 5.74) is 0.512. The van der Waals surface area contributed by atoms with Gasteiger partial charge in [-0.15, -0.1) is 0 Å². The molecule has 1 amide bonds. The molecule has 98 valence electrons. The molecule has 0 saturated carbocycles. The van der Waals surface area contributed by atoms with Crippen LogP contribution in [0, 0.1) is 5.82 Å². The van der Waals surface area contributed by atoms with Crippen molar-refractivity contribution in [1.29, 1.82) is 0 Å². The quantitative estimate of drug-likeness (QED) is 0.727. The van der Waals surface area contributed by atoms with Crippen LogP contribution >= 0.6 is 0 Å². The molecular formula is C13H16FNO3. The first-order valence-corrected chi connectivity index (χ1v) is 5.81. The van der Waals surface area contributed by atoms with E-state index >= 15 is 0 Å². The third kappa shape index (κ3) is 5.43. The summed E-state index contributed by atoms with van der Waals surface area (Å²) in [7, 11) is 0. The molecule has 1 aromatic rings. The van der Waals surface area contributed by atoms with Gasteiger partial charge in [-0.1, -0.05) is 18.2 Å². The average molecular weight is 253 g/mol.